The second-order valence-electron chi connectivity index (χ2n) is 6.38. The molecule has 2 rings (SSSR count). The van der Waals surface area contributed by atoms with E-state index in [4.69, 9.17) is 34.7 Å². The molecule has 1 aliphatic rings. The van der Waals surface area contributed by atoms with Gasteiger partial charge in [-0.2, -0.15) is 0 Å². The minimum absolute atomic E-state index is 0.0211. The van der Waals surface area contributed by atoms with Gasteiger partial charge in [0.1, 0.15) is 0 Å². The van der Waals surface area contributed by atoms with Crippen LogP contribution in [0, 0.1) is 11.8 Å². The second-order valence-corrected chi connectivity index (χ2v) is 7.22. The fraction of sp³-hybridized carbons (Fsp3) is 0.529. The number of carbonyl (C=O) groups excluding carboxylic acids is 1. The molecule has 5 nitrogen and oxygen atoms in total. The van der Waals surface area contributed by atoms with Crippen molar-refractivity contribution in [2.24, 2.45) is 28.3 Å². The Hall–Kier alpha value is -1.46. The van der Waals surface area contributed by atoms with Crippen molar-refractivity contribution in [3.05, 3.63) is 33.8 Å². The lowest BCUT2D eigenvalue weighted by atomic mass is 9.82. The van der Waals surface area contributed by atoms with Crippen LogP contribution in [0.2, 0.25) is 10.0 Å². The summed E-state index contributed by atoms with van der Waals surface area (Å²) >= 11 is 12.1. The van der Waals surface area contributed by atoms with Crippen molar-refractivity contribution in [1.82, 2.24) is 5.32 Å². The van der Waals surface area contributed by atoms with Gasteiger partial charge in [0.25, 0.3) is 0 Å². The van der Waals surface area contributed by atoms with E-state index in [0.29, 0.717) is 28.5 Å². The standard InChI is InChI=1S/C17H24Cl2N4O/c1-10(14-7-6-13(18)8-15(14)19)23-17(21)22-9-11-2-4-12(5-3-11)16(20)24/h6-8,10-12H,2-5,9H2,1H3,(H2,20,24)(H3,21,22,23). The highest BCUT2D eigenvalue weighted by Gasteiger charge is 2.24. The van der Waals surface area contributed by atoms with Gasteiger partial charge in [0.15, 0.2) is 5.96 Å². The molecule has 5 N–H and O–H groups in total. The number of nitrogens with two attached hydrogens (primary N) is 2. The van der Waals surface area contributed by atoms with Gasteiger partial charge >= 0.3 is 0 Å². The van der Waals surface area contributed by atoms with E-state index < -0.39 is 0 Å². The van der Waals surface area contributed by atoms with E-state index in [1.807, 2.05) is 13.0 Å². The Morgan fingerprint density at radius 2 is 1.96 bits per heavy atom. The monoisotopic (exact) mass is 370 g/mol. The number of amides is 1. The fourth-order valence-corrected chi connectivity index (χ4v) is 3.63. The maximum absolute atomic E-state index is 11.2. The molecule has 24 heavy (non-hydrogen) atoms. The number of benzene rings is 1. The average molecular weight is 371 g/mol. The van der Waals surface area contributed by atoms with E-state index in [1.165, 1.54) is 0 Å². The summed E-state index contributed by atoms with van der Waals surface area (Å²) in [4.78, 5) is 15.6. The van der Waals surface area contributed by atoms with Gasteiger partial charge < -0.3 is 16.8 Å². The summed E-state index contributed by atoms with van der Waals surface area (Å²) in [6.45, 7) is 2.63. The Labute approximate surface area is 152 Å². The van der Waals surface area contributed by atoms with E-state index in [2.05, 4.69) is 10.3 Å². The molecule has 0 saturated heterocycles. The number of guanidine groups is 1. The van der Waals surface area contributed by atoms with Crippen LogP contribution in [0.1, 0.15) is 44.2 Å². The van der Waals surface area contributed by atoms with Crippen molar-refractivity contribution >= 4 is 35.1 Å². The molecular formula is C17H24Cl2N4O. The van der Waals surface area contributed by atoms with Gasteiger partial charge in [0, 0.05) is 22.5 Å². The van der Waals surface area contributed by atoms with Crippen LogP contribution in [0.15, 0.2) is 23.2 Å². The molecule has 1 amide bonds. The van der Waals surface area contributed by atoms with Gasteiger partial charge in [-0.25, -0.2) is 0 Å². The fourth-order valence-electron chi connectivity index (χ4n) is 3.05. The molecule has 0 bridgehead atoms. The van der Waals surface area contributed by atoms with Crippen molar-refractivity contribution in [2.75, 3.05) is 6.54 Å². The summed E-state index contributed by atoms with van der Waals surface area (Å²) in [5, 5.41) is 4.35. The molecule has 0 aliphatic heterocycles. The van der Waals surface area contributed by atoms with E-state index in [0.717, 1.165) is 31.2 Å². The number of rotatable bonds is 5. The molecule has 7 heteroatoms. The molecule has 0 heterocycles. The minimum atomic E-state index is -0.188. The largest absolute Gasteiger partial charge is 0.370 e. The van der Waals surface area contributed by atoms with Crippen molar-refractivity contribution in [2.45, 2.75) is 38.6 Å². The lowest BCUT2D eigenvalue weighted by molar-refractivity contribution is -0.122. The lowest BCUT2D eigenvalue weighted by Crippen LogP contribution is -2.35. The predicted octanol–water partition coefficient (Wildman–Crippen LogP) is 3.25. The normalized spacial score (nSPS) is 22.9. The third kappa shape index (κ3) is 5.28. The lowest BCUT2D eigenvalue weighted by Gasteiger charge is -2.25. The maximum atomic E-state index is 11.2. The molecule has 1 saturated carbocycles. The van der Waals surface area contributed by atoms with E-state index in [9.17, 15) is 4.79 Å². The number of hydrogen-bond donors (Lipinski definition) is 3. The summed E-state index contributed by atoms with van der Waals surface area (Å²) in [7, 11) is 0. The molecule has 1 aromatic rings. The first-order valence-electron chi connectivity index (χ1n) is 8.17. The quantitative estimate of drug-likeness (QED) is 0.548. The number of primary amides is 1. The van der Waals surface area contributed by atoms with Crippen molar-refractivity contribution in [1.29, 1.82) is 0 Å². The van der Waals surface area contributed by atoms with Crippen molar-refractivity contribution in [3.63, 3.8) is 0 Å². The Morgan fingerprint density at radius 3 is 2.54 bits per heavy atom. The first-order valence-corrected chi connectivity index (χ1v) is 8.93. The Bertz CT molecular complexity index is 613. The zero-order valence-electron chi connectivity index (χ0n) is 13.8. The number of carbonyl (C=O) groups is 1. The van der Waals surface area contributed by atoms with Gasteiger partial charge in [0.05, 0.1) is 6.04 Å². The molecular weight excluding hydrogens is 347 g/mol. The Kier molecular flexibility index (Phi) is 6.75. The summed E-state index contributed by atoms with van der Waals surface area (Å²) in [6, 6.07) is 5.32. The third-order valence-corrected chi connectivity index (χ3v) is 5.12. The Morgan fingerprint density at radius 1 is 1.29 bits per heavy atom. The highest BCUT2D eigenvalue weighted by Crippen LogP contribution is 2.29. The number of aliphatic imine (C=N–C) groups is 1. The number of hydrogen-bond acceptors (Lipinski definition) is 2. The van der Waals surface area contributed by atoms with Gasteiger partial charge in [-0.15, -0.1) is 0 Å². The highest BCUT2D eigenvalue weighted by molar-refractivity contribution is 6.35. The zero-order valence-corrected chi connectivity index (χ0v) is 15.3. The predicted molar refractivity (Wildman–Crippen MR) is 99.1 cm³/mol. The average Bonchev–Trinajstić information content (AvgIpc) is 2.53. The molecule has 1 aromatic carbocycles. The molecule has 0 aromatic heterocycles. The first kappa shape index (κ1) is 18.9. The Balaban J connectivity index is 1.84. The first-order chi connectivity index (χ1) is 11.4. The number of nitrogens with one attached hydrogen (secondary N) is 1. The molecule has 1 aliphatic carbocycles. The smallest absolute Gasteiger partial charge is 0.220 e. The van der Waals surface area contributed by atoms with Crippen LogP contribution >= 0.6 is 23.2 Å². The van der Waals surface area contributed by atoms with Crippen LogP contribution in [-0.4, -0.2) is 18.4 Å². The van der Waals surface area contributed by atoms with Gasteiger partial charge in [-0.05, 0) is 56.2 Å². The SMILES string of the molecule is CC(NC(N)=NCC1CCC(C(N)=O)CC1)c1ccc(Cl)cc1Cl. The third-order valence-electron chi connectivity index (χ3n) is 4.56. The van der Waals surface area contributed by atoms with E-state index in [-0.39, 0.29) is 17.9 Å². The van der Waals surface area contributed by atoms with Crippen LogP contribution in [0.4, 0.5) is 0 Å². The zero-order chi connectivity index (χ0) is 17.7. The summed E-state index contributed by atoms with van der Waals surface area (Å²) in [6.07, 6.45) is 3.62. The molecule has 1 unspecified atom stereocenters. The maximum Gasteiger partial charge on any atom is 0.220 e. The summed E-state index contributed by atoms with van der Waals surface area (Å²) in [5.41, 5.74) is 12.2. The van der Waals surface area contributed by atoms with Crippen LogP contribution in [0.3, 0.4) is 0 Å². The van der Waals surface area contributed by atoms with Gasteiger partial charge in [-0.3, -0.25) is 9.79 Å². The topological polar surface area (TPSA) is 93.5 Å². The van der Waals surface area contributed by atoms with Crippen LogP contribution in [0.25, 0.3) is 0 Å². The van der Waals surface area contributed by atoms with Crippen LogP contribution in [0.5, 0.6) is 0 Å². The van der Waals surface area contributed by atoms with Gasteiger partial charge in [0.2, 0.25) is 5.91 Å². The number of nitrogens with zero attached hydrogens (tertiary/aromatic N) is 1. The van der Waals surface area contributed by atoms with E-state index in [1.54, 1.807) is 12.1 Å². The molecule has 1 atom stereocenters. The summed E-state index contributed by atoms with van der Waals surface area (Å²) in [5.74, 6) is 0.681. The highest BCUT2D eigenvalue weighted by atomic mass is 35.5. The van der Waals surface area contributed by atoms with Gasteiger partial charge in [-0.1, -0.05) is 29.3 Å². The summed E-state index contributed by atoms with van der Waals surface area (Å²) < 4.78 is 0. The van der Waals surface area contributed by atoms with Crippen molar-refractivity contribution < 1.29 is 4.79 Å². The van der Waals surface area contributed by atoms with Crippen LogP contribution in [-0.2, 0) is 4.79 Å². The molecule has 0 radical (unpaired) electrons. The molecule has 0 spiro atoms. The van der Waals surface area contributed by atoms with E-state index >= 15 is 0 Å². The van der Waals surface area contributed by atoms with Crippen LogP contribution < -0.4 is 16.8 Å². The molecule has 1 fully saturated rings. The minimum Gasteiger partial charge on any atom is -0.370 e. The van der Waals surface area contributed by atoms with Crippen molar-refractivity contribution in [3.8, 4) is 0 Å². The number of halogens is 2. The second kappa shape index (κ2) is 8.58. The molecule has 132 valence electrons.